The first kappa shape index (κ1) is 35.7. The monoisotopic (exact) mass is 658 g/mol. The molecule has 3 atom stereocenters. The van der Waals surface area contributed by atoms with Crippen molar-refractivity contribution in [2.24, 2.45) is 5.92 Å². The Balaban J connectivity index is 1.36. The van der Waals surface area contributed by atoms with Crippen LogP contribution in [0.1, 0.15) is 56.3 Å². The first-order chi connectivity index (χ1) is 23.0. The molecule has 0 aromatic heterocycles. The summed E-state index contributed by atoms with van der Waals surface area (Å²) in [6.07, 6.45) is 2.00. The number of fused-ring (bicyclic) bond motifs is 1. The van der Waals surface area contributed by atoms with Gasteiger partial charge >= 0.3 is 6.03 Å². The van der Waals surface area contributed by atoms with Gasteiger partial charge in [-0.15, -0.1) is 0 Å². The van der Waals surface area contributed by atoms with Crippen LogP contribution in [0.25, 0.3) is 0 Å². The van der Waals surface area contributed by atoms with Gasteiger partial charge in [0.1, 0.15) is 11.9 Å². The molecule has 12 nitrogen and oxygen atoms in total. The Bertz CT molecular complexity index is 1570. The molecule has 0 fully saturated rings. The van der Waals surface area contributed by atoms with Gasteiger partial charge in [-0.1, -0.05) is 43.7 Å². The highest BCUT2D eigenvalue weighted by molar-refractivity contribution is 6.00. The number of hydrogen-bond donors (Lipinski definition) is 5. The van der Waals surface area contributed by atoms with Gasteiger partial charge in [0.15, 0.2) is 0 Å². The number of nitrogens with two attached hydrogens (primary N) is 1. The lowest BCUT2D eigenvalue weighted by molar-refractivity contribution is -0.116. The number of carbonyl (C=O) groups is 4. The van der Waals surface area contributed by atoms with Crippen LogP contribution in [0.3, 0.4) is 0 Å². The van der Waals surface area contributed by atoms with E-state index in [1.807, 2.05) is 25.1 Å². The molecule has 5 amide bonds. The Morgan fingerprint density at radius 1 is 0.938 bits per heavy atom. The van der Waals surface area contributed by atoms with Gasteiger partial charge < -0.3 is 41.3 Å². The fourth-order valence-electron chi connectivity index (χ4n) is 5.41. The summed E-state index contributed by atoms with van der Waals surface area (Å²) in [6.45, 7) is 4.04. The summed E-state index contributed by atoms with van der Waals surface area (Å²) >= 11 is 0. The lowest BCUT2D eigenvalue weighted by Gasteiger charge is -2.38. The SMILES string of the molecule is C[C@H]1CN([C@@H](C)CO)C(=O)c2cc(NC(=O)CCCCCC(=O)Nc3ccccc3N)ccc2O[C@H]1CN(C)C(=O)Nc1ccccc1. The van der Waals surface area contributed by atoms with Gasteiger partial charge in [-0.2, -0.15) is 0 Å². The van der Waals surface area contributed by atoms with Crippen molar-refractivity contribution >= 4 is 46.5 Å². The van der Waals surface area contributed by atoms with E-state index in [0.717, 1.165) is 0 Å². The summed E-state index contributed by atoms with van der Waals surface area (Å²) < 4.78 is 6.38. The molecule has 3 aromatic rings. The number of hydrogen-bond acceptors (Lipinski definition) is 7. The average Bonchev–Trinajstić information content (AvgIpc) is 3.07. The molecule has 3 aromatic carbocycles. The van der Waals surface area contributed by atoms with E-state index in [9.17, 15) is 24.3 Å². The molecule has 0 aliphatic carbocycles. The standard InChI is InChI=1S/C36H46N6O6/c1-24-21-42(25(2)23-43)35(46)28-20-27(38-33(44)16-8-5-9-17-34(45)40-30-15-11-10-14-29(30)37)18-19-31(28)48-32(24)22-41(3)36(47)39-26-12-6-4-7-13-26/h4,6-7,10-15,18-20,24-25,32,43H,5,8-9,16-17,21-23,37H2,1-3H3,(H,38,44)(H,39,47)(H,40,45)/t24-,25-,32-/m0/s1. The molecule has 1 aliphatic rings. The number of unbranched alkanes of at least 4 members (excludes halogenated alkanes) is 2. The Labute approximate surface area is 281 Å². The molecular weight excluding hydrogens is 612 g/mol. The molecule has 48 heavy (non-hydrogen) atoms. The van der Waals surface area contributed by atoms with Gasteiger partial charge in [-0.05, 0) is 62.2 Å². The molecule has 0 spiro atoms. The van der Waals surface area contributed by atoms with Crippen LogP contribution in [0.5, 0.6) is 5.75 Å². The zero-order valence-corrected chi connectivity index (χ0v) is 27.8. The quantitative estimate of drug-likeness (QED) is 0.125. The van der Waals surface area contributed by atoms with Gasteiger partial charge in [0.05, 0.1) is 36.1 Å². The van der Waals surface area contributed by atoms with E-state index in [1.165, 1.54) is 4.90 Å². The second kappa shape index (κ2) is 17.2. The molecule has 1 aliphatic heterocycles. The minimum atomic E-state index is -0.468. The number of rotatable bonds is 13. The molecule has 0 radical (unpaired) electrons. The third-order valence-corrected chi connectivity index (χ3v) is 8.32. The molecule has 12 heteroatoms. The largest absolute Gasteiger partial charge is 0.487 e. The molecule has 6 N–H and O–H groups in total. The van der Waals surface area contributed by atoms with Crippen LogP contribution in [0.4, 0.5) is 27.5 Å². The number of amides is 5. The summed E-state index contributed by atoms with van der Waals surface area (Å²) in [5, 5.41) is 18.5. The summed E-state index contributed by atoms with van der Waals surface area (Å²) in [5.41, 5.74) is 8.33. The van der Waals surface area contributed by atoms with Gasteiger partial charge in [-0.3, -0.25) is 14.4 Å². The molecule has 0 saturated heterocycles. The Morgan fingerprint density at radius 3 is 2.29 bits per heavy atom. The number of nitrogens with zero attached hydrogens (tertiary/aromatic N) is 2. The van der Waals surface area contributed by atoms with Crippen LogP contribution in [0.15, 0.2) is 72.8 Å². The van der Waals surface area contributed by atoms with E-state index in [4.69, 9.17) is 10.5 Å². The molecule has 0 bridgehead atoms. The van der Waals surface area contributed by atoms with Crippen LogP contribution >= 0.6 is 0 Å². The maximum absolute atomic E-state index is 13.8. The number of nitrogen functional groups attached to an aromatic ring is 1. The number of aliphatic hydroxyl groups is 1. The first-order valence-corrected chi connectivity index (χ1v) is 16.3. The summed E-state index contributed by atoms with van der Waals surface area (Å²) in [4.78, 5) is 54.9. The topological polar surface area (TPSA) is 166 Å². The number of ether oxygens (including phenoxy) is 1. The van der Waals surface area contributed by atoms with Crippen molar-refractivity contribution in [3.8, 4) is 5.75 Å². The van der Waals surface area contributed by atoms with Gasteiger partial charge in [0, 0.05) is 43.7 Å². The number of anilines is 4. The predicted molar refractivity (Wildman–Crippen MR) is 187 cm³/mol. The molecular formula is C36H46N6O6. The van der Waals surface area contributed by atoms with Crippen LogP contribution in [-0.4, -0.2) is 77.5 Å². The normalized spacial score (nSPS) is 16.4. The Kier molecular flexibility index (Phi) is 12.8. The van der Waals surface area contributed by atoms with E-state index in [0.29, 0.717) is 60.7 Å². The molecule has 0 saturated carbocycles. The minimum Gasteiger partial charge on any atom is -0.487 e. The van der Waals surface area contributed by atoms with E-state index in [2.05, 4.69) is 16.0 Å². The van der Waals surface area contributed by atoms with Crippen LogP contribution in [0.2, 0.25) is 0 Å². The van der Waals surface area contributed by atoms with Crippen molar-refractivity contribution in [2.45, 2.75) is 58.1 Å². The number of urea groups is 1. The second-order valence-electron chi connectivity index (χ2n) is 12.3. The molecule has 256 valence electrons. The number of nitrogens with one attached hydrogen (secondary N) is 3. The number of benzene rings is 3. The second-order valence-corrected chi connectivity index (χ2v) is 12.3. The molecule has 1 heterocycles. The fraction of sp³-hybridized carbons (Fsp3) is 0.389. The highest BCUT2D eigenvalue weighted by Crippen LogP contribution is 2.31. The van der Waals surface area contributed by atoms with E-state index < -0.39 is 12.1 Å². The Hall–Kier alpha value is -5.10. The maximum atomic E-state index is 13.8. The summed E-state index contributed by atoms with van der Waals surface area (Å²) in [5.74, 6) is -0.511. The van der Waals surface area contributed by atoms with Gasteiger partial charge in [-0.25, -0.2) is 4.79 Å². The summed E-state index contributed by atoms with van der Waals surface area (Å²) in [6, 6.07) is 20.4. The summed E-state index contributed by atoms with van der Waals surface area (Å²) in [7, 11) is 1.68. The smallest absolute Gasteiger partial charge is 0.321 e. The fourth-order valence-corrected chi connectivity index (χ4v) is 5.41. The number of carbonyl (C=O) groups excluding carboxylic acids is 4. The van der Waals surface area contributed by atoms with Crippen molar-refractivity contribution in [3.05, 3.63) is 78.4 Å². The average molecular weight is 659 g/mol. The van der Waals surface area contributed by atoms with Gasteiger partial charge in [0.25, 0.3) is 5.91 Å². The van der Waals surface area contributed by atoms with Crippen LogP contribution in [-0.2, 0) is 9.59 Å². The lowest BCUT2D eigenvalue weighted by Crippen LogP contribution is -2.50. The van der Waals surface area contributed by atoms with Crippen molar-refractivity contribution in [1.29, 1.82) is 0 Å². The number of likely N-dealkylation sites (N-methyl/N-ethyl adjacent to an activating group) is 1. The first-order valence-electron chi connectivity index (χ1n) is 16.3. The van der Waals surface area contributed by atoms with Crippen molar-refractivity contribution in [2.75, 3.05) is 48.4 Å². The third-order valence-electron chi connectivity index (χ3n) is 8.32. The van der Waals surface area contributed by atoms with Crippen LogP contribution in [0, 0.1) is 5.92 Å². The highest BCUT2D eigenvalue weighted by Gasteiger charge is 2.34. The Morgan fingerprint density at radius 2 is 1.60 bits per heavy atom. The molecule has 0 unspecified atom stereocenters. The van der Waals surface area contributed by atoms with Crippen molar-refractivity contribution in [1.82, 2.24) is 9.80 Å². The number of aliphatic hydroxyl groups excluding tert-OH is 1. The minimum absolute atomic E-state index is 0.131. The zero-order chi connectivity index (χ0) is 34.6. The highest BCUT2D eigenvalue weighted by atomic mass is 16.5. The van der Waals surface area contributed by atoms with E-state index >= 15 is 0 Å². The number of para-hydroxylation sites is 3. The molecule has 4 rings (SSSR count). The van der Waals surface area contributed by atoms with Gasteiger partial charge in [0.2, 0.25) is 11.8 Å². The zero-order valence-electron chi connectivity index (χ0n) is 27.8. The van der Waals surface area contributed by atoms with E-state index in [-0.39, 0.29) is 54.8 Å². The van der Waals surface area contributed by atoms with Crippen molar-refractivity contribution < 1.29 is 29.0 Å². The third kappa shape index (κ3) is 9.95. The van der Waals surface area contributed by atoms with Crippen molar-refractivity contribution in [3.63, 3.8) is 0 Å². The van der Waals surface area contributed by atoms with Crippen LogP contribution < -0.4 is 26.4 Å². The van der Waals surface area contributed by atoms with E-state index in [1.54, 1.807) is 73.5 Å². The predicted octanol–water partition coefficient (Wildman–Crippen LogP) is 5.18. The maximum Gasteiger partial charge on any atom is 0.321 e. The lowest BCUT2D eigenvalue weighted by atomic mass is 9.99.